The number of aliphatic hydroxyl groups excluding tert-OH is 2. The first kappa shape index (κ1) is 11.6. The molecular weight excluding hydrogens is 220 g/mol. The second kappa shape index (κ2) is 4.94. The van der Waals surface area contributed by atoms with E-state index in [4.69, 9.17) is 10.8 Å². The van der Waals surface area contributed by atoms with Crippen LogP contribution in [0.1, 0.15) is 0 Å². The van der Waals surface area contributed by atoms with Crippen LogP contribution in [0.15, 0.2) is 24.3 Å². The summed E-state index contributed by atoms with van der Waals surface area (Å²) in [5, 5.41) is 20.8. The first-order chi connectivity index (χ1) is 8.20. The Hall–Kier alpha value is -1.92. The summed E-state index contributed by atoms with van der Waals surface area (Å²) >= 11 is 0. The third-order valence-electron chi connectivity index (χ3n) is 2.31. The molecule has 0 aliphatic heterocycles. The highest BCUT2D eigenvalue weighted by molar-refractivity contribution is 5.79. The van der Waals surface area contributed by atoms with Crippen molar-refractivity contribution in [3.63, 3.8) is 0 Å². The molecule has 6 nitrogen and oxygen atoms in total. The predicted octanol–water partition coefficient (Wildman–Crippen LogP) is -0.0229. The number of nitrogens with two attached hydrogens (primary N) is 1. The average Bonchev–Trinajstić information content (AvgIpc) is 2.35. The summed E-state index contributed by atoms with van der Waals surface area (Å²) in [6.07, 6.45) is -0.845. The Morgan fingerprint density at radius 1 is 1.24 bits per heavy atom. The van der Waals surface area contributed by atoms with Gasteiger partial charge in [-0.15, -0.1) is 0 Å². The number of hydrogen-bond acceptors (Lipinski definition) is 6. The molecule has 1 atom stereocenters. The highest BCUT2D eigenvalue weighted by Crippen LogP contribution is 2.17. The molecule has 1 unspecified atom stereocenters. The van der Waals surface area contributed by atoms with E-state index in [2.05, 4.69) is 15.3 Å². The van der Waals surface area contributed by atoms with Crippen molar-refractivity contribution in [1.82, 2.24) is 9.97 Å². The van der Waals surface area contributed by atoms with Crippen LogP contribution in [0.3, 0.4) is 0 Å². The monoisotopic (exact) mass is 234 g/mol. The minimum Gasteiger partial charge on any atom is -0.394 e. The van der Waals surface area contributed by atoms with Crippen molar-refractivity contribution in [2.24, 2.45) is 0 Å². The van der Waals surface area contributed by atoms with Crippen LogP contribution < -0.4 is 11.1 Å². The summed E-state index contributed by atoms with van der Waals surface area (Å²) in [5.74, 6) is 0.685. The molecule has 5 N–H and O–H groups in total. The molecule has 0 amide bonds. The summed E-state index contributed by atoms with van der Waals surface area (Å²) in [5.41, 5.74) is 7.18. The van der Waals surface area contributed by atoms with Crippen LogP contribution in [-0.2, 0) is 0 Å². The molecule has 2 rings (SSSR count). The maximum atomic E-state index is 9.22. The number of hydrogen-bond donors (Lipinski definition) is 4. The lowest BCUT2D eigenvalue weighted by molar-refractivity contribution is 0.105. The van der Waals surface area contributed by atoms with Gasteiger partial charge in [0.05, 0.1) is 23.7 Å². The fourth-order valence-electron chi connectivity index (χ4n) is 1.42. The van der Waals surface area contributed by atoms with Crippen molar-refractivity contribution in [3.8, 4) is 0 Å². The lowest BCUT2D eigenvalue weighted by Crippen LogP contribution is -2.24. The van der Waals surface area contributed by atoms with Crippen LogP contribution in [0.2, 0.25) is 0 Å². The fraction of sp³-hybridized carbons (Fsp3) is 0.273. The van der Waals surface area contributed by atoms with Crippen LogP contribution in [0, 0.1) is 0 Å². The van der Waals surface area contributed by atoms with E-state index in [1.54, 1.807) is 0 Å². The van der Waals surface area contributed by atoms with Gasteiger partial charge >= 0.3 is 0 Å². The standard InChI is InChI=1S/C11H14N4O2/c12-10-11(13-5-7(17)6-16)15-9-4-2-1-3-8(9)14-10/h1-4,7,16-17H,5-6H2,(H2,12,14)(H,13,15). The van der Waals surface area contributed by atoms with Gasteiger partial charge in [-0.2, -0.15) is 0 Å². The van der Waals surface area contributed by atoms with Crippen molar-refractivity contribution in [2.45, 2.75) is 6.10 Å². The normalized spacial score (nSPS) is 12.6. The third kappa shape index (κ3) is 2.61. The summed E-state index contributed by atoms with van der Waals surface area (Å²) in [4.78, 5) is 8.48. The minimum atomic E-state index is -0.845. The minimum absolute atomic E-state index is 0.174. The number of benzene rings is 1. The van der Waals surface area contributed by atoms with E-state index in [-0.39, 0.29) is 19.0 Å². The van der Waals surface area contributed by atoms with Gasteiger partial charge in [-0.1, -0.05) is 12.1 Å². The third-order valence-corrected chi connectivity index (χ3v) is 2.31. The summed E-state index contributed by atoms with van der Waals surface area (Å²) in [7, 11) is 0. The second-order valence-electron chi connectivity index (χ2n) is 3.66. The van der Waals surface area contributed by atoms with Gasteiger partial charge in [-0.25, -0.2) is 9.97 Å². The number of nitrogen functional groups attached to an aromatic ring is 1. The lowest BCUT2D eigenvalue weighted by atomic mass is 10.3. The fourth-order valence-corrected chi connectivity index (χ4v) is 1.42. The molecule has 0 bridgehead atoms. The molecule has 0 radical (unpaired) electrons. The zero-order chi connectivity index (χ0) is 12.3. The molecule has 0 aliphatic rings. The summed E-state index contributed by atoms with van der Waals surface area (Å²) in [6.45, 7) is -0.137. The van der Waals surface area contributed by atoms with E-state index in [1.807, 2.05) is 24.3 Å². The van der Waals surface area contributed by atoms with Crippen molar-refractivity contribution in [3.05, 3.63) is 24.3 Å². The smallest absolute Gasteiger partial charge is 0.169 e. The number of anilines is 2. The van der Waals surface area contributed by atoms with Crippen LogP contribution in [0.25, 0.3) is 11.0 Å². The van der Waals surface area contributed by atoms with Gasteiger partial charge in [0.25, 0.3) is 0 Å². The van der Waals surface area contributed by atoms with Gasteiger partial charge in [0.2, 0.25) is 0 Å². The molecule has 0 spiro atoms. The Balaban J connectivity index is 2.25. The molecule has 0 saturated heterocycles. The zero-order valence-electron chi connectivity index (χ0n) is 9.17. The number of para-hydroxylation sites is 2. The quantitative estimate of drug-likeness (QED) is 0.592. The van der Waals surface area contributed by atoms with Crippen LogP contribution >= 0.6 is 0 Å². The number of fused-ring (bicyclic) bond motifs is 1. The molecule has 90 valence electrons. The maximum Gasteiger partial charge on any atom is 0.169 e. The molecular formula is C11H14N4O2. The van der Waals surface area contributed by atoms with E-state index >= 15 is 0 Å². The van der Waals surface area contributed by atoms with E-state index in [0.717, 1.165) is 11.0 Å². The van der Waals surface area contributed by atoms with Gasteiger partial charge < -0.3 is 21.3 Å². The van der Waals surface area contributed by atoms with E-state index in [0.29, 0.717) is 5.82 Å². The Labute approximate surface area is 98.1 Å². The highest BCUT2D eigenvalue weighted by Gasteiger charge is 2.07. The SMILES string of the molecule is Nc1nc2ccccc2nc1NCC(O)CO. The number of aromatic nitrogens is 2. The van der Waals surface area contributed by atoms with Gasteiger partial charge in [-0.05, 0) is 12.1 Å². The van der Waals surface area contributed by atoms with E-state index < -0.39 is 6.10 Å². The number of rotatable bonds is 4. The number of aliphatic hydroxyl groups is 2. The van der Waals surface area contributed by atoms with Gasteiger partial charge in [-0.3, -0.25) is 0 Å². The number of nitrogens with one attached hydrogen (secondary N) is 1. The first-order valence-corrected chi connectivity index (χ1v) is 5.25. The Morgan fingerprint density at radius 3 is 2.53 bits per heavy atom. The Morgan fingerprint density at radius 2 is 1.88 bits per heavy atom. The highest BCUT2D eigenvalue weighted by atomic mass is 16.3. The first-order valence-electron chi connectivity index (χ1n) is 5.25. The zero-order valence-corrected chi connectivity index (χ0v) is 9.17. The van der Waals surface area contributed by atoms with Crippen molar-refractivity contribution in [2.75, 3.05) is 24.2 Å². The molecule has 0 fully saturated rings. The van der Waals surface area contributed by atoms with Gasteiger partial charge in [0.15, 0.2) is 11.6 Å². The largest absolute Gasteiger partial charge is 0.394 e. The van der Waals surface area contributed by atoms with Gasteiger partial charge in [0.1, 0.15) is 0 Å². The number of nitrogens with zero attached hydrogens (tertiary/aromatic N) is 2. The molecule has 2 aromatic rings. The summed E-state index contributed by atoms with van der Waals surface area (Å²) < 4.78 is 0. The molecule has 1 aromatic heterocycles. The van der Waals surface area contributed by atoms with E-state index in [9.17, 15) is 5.11 Å². The Bertz CT molecular complexity index is 518. The van der Waals surface area contributed by atoms with Crippen molar-refractivity contribution < 1.29 is 10.2 Å². The van der Waals surface area contributed by atoms with Crippen molar-refractivity contribution >= 4 is 22.7 Å². The van der Waals surface area contributed by atoms with E-state index in [1.165, 1.54) is 0 Å². The van der Waals surface area contributed by atoms with Crippen molar-refractivity contribution in [1.29, 1.82) is 0 Å². The maximum absolute atomic E-state index is 9.22. The second-order valence-corrected chi connectivity index (χ2v) is 3.66. The lowest BCUT2D eigenvalue weighted by Gasteiger charge is -2.11. The van der Waals surface area contributed by atoms with Crippen LogP contribution in [0.5, 0.6) is 0 Å². The summed E-state index contributed by atoms with van der Waals surface area (Å²) in [6, 6.07) is 7.37. The molecule has 1 heterocycles. The topological polar surface area (TPSA) is 104 Å². The predicted molar refractivity (Wildman–Crippen MR) is 65.5 cm³/mol. The average molecular weight is 234 g/mol. The van der Waals surface area contributed by atoms with Crippen LogP contribution in [0.4, 0.5) is 11.6 Å². The molecule has 6 heteroatoms. The van der Waals surface area contributed by atoms with Crippen LogP contribution in [-0.4, -0.2) is 39.4 Å². The molecule has 17 heavy (non-hydrogen) atoms. The van der Waals surface area contributed by atoms with Gasteiger partial charge in [0, 0.05) is 6.54 Å². The molecule has 0 aliphatic carbocycles. The molecule has 1 aromatic carbocycles. The molecule has 0 saturated carbocycles. The Kier molecular flexibility index (Phi) is 3.36.